The topological polar surface area (TPSA) is 17.1 Å². The molecule has 1 atom stereocenters. The number of Topliss-reactive ketones (excluding diaryl/α,β-unsaturated/α-hetero) is 1. The van der Waals surface area contributed by atoms with Gasteiger partial charge in [-0.25, -0.2) is 0 Å². The number of hydrogen-bond acceptors (Lipinski definition) is 3. The summed E-state index contributed by atoms with van der Waals surface area (Å²) in [4.78, 5) is 11.6. The van der Waals surface area contributed by atoms with Gasteiger partial charge in [-0.2, -0.15) is 11.8 Å². The molecule has 0 bridgehead atoms. The molecule has 0 saturated carbocycles. The first kappa shape index (κ1) is 11.2. The Morgan fingerprint density at radius 3 is 3.00 bits per heavy atom. The summed E-state index contributed by atoms with van der Waals surface area (Å²) in [6, 6.07) is 0. The van der Waals surface area contributed by atoms with Crippen LogP contribution < -0.4 is 0 Å². The van der Waals surface area contributed by atoms with Crippen molar-refractivity contribution in [2.75, 3.05) is 17.3 Å². The van der Waals surface area contributed by atoms with Crippen LogP contribution in [0.1, 0.15) is 19.3 Å². The van der Waals surface area contributed by atoms with Gasteiger partial charge >= 0.3 is 0 Å². The summed E-state index contributed by atoms with van der Waals surface area (Å²) in [5.74, 6) is 3.82. The van der Waals surface area contributed by atoms with Crippen LogP contribution in [0.4, 0.5) is 0 Å². The van der Waals surface area contributed by atoms with E-state index in [1.165, 1.54) is 5.75 Å². The second-order valence-electron chi connectivity index (χ2n) is 3.08. The van der Waals surface area contributed by atoms with E-state index in [1.54, 1.807) is 0 Å². The highest BCUT2D eigenvalue weighted by Crippen LogP contribution is 2.25. The summed E-state index contributed by atoms with van der Waals surface area (Å²) in [7, 11) is 0. The van der Waals surface area contributed by atoms with E-state index in [-0.39, 0.29) is 5.25 Å². The lowest BCUT2D eigenvalue weighted by atomic mass is 10.1. The van der Waals surface area contributed by atoms with Crippen LogP contribution in [-0.4, -0.2) is 28.3 Å². The zero-order valence-electron chi connectivity index (χ0n) is 7.83. The molecule has 74 valence electrons. The van der Waals surface area contributed by atoms with Crippen molar-refractivity contribution in [2.24, 2.45) is 0 Å². The van der Waals surface area contributed by atoms with E-state index >= 15 is 0 Å². The summed E-state index contributed by atoms with van der Waals surface area (Å²) in [6.07, 6.45) is 4.57. The van der Waals surface area contributed by atoms with Gasteiger partial charge in [0, 0.05) is 23.7 Å². The van der Waals surface area contributed by atoms with Crippen molar-refractivity contribution in [3.8, 4) is 0 Å². The lowest BCUT2D eigenvalue weighted by Crippen LogP contribution is -2.23. The van der Waals surface area contributed by atoms with E-state index in [1.807, 2.05) is 29.6 Å². The highest BCUT2D eigenvalue weighted by molar-refractivity contribution is 8.07. The van der Waals surface area contributed by atoms with E-state index < -0.39 is 0 Å². The van der Waals surface area contributed by atoms with E-state index in [4.69, 9.17) is 0 Å². The van der Waals surface area contributed by atoms with Crippen LogP contribution in [0.25, 0.3) is 0 Å². The third-order valence-electron chi connectivity index (χ3n) is 2.01. The van der Waals surface area contributed by atoms with Gasteiger partial charge in [-0.05, 0) is 12.8 Å². The first-order valence-corrected chi connectivity index (χ1v) is 6.88. The summed E-state index contributed by atoms with van der Waals surface area (Å²) in [6.45, 7) is 3.65. The fourth-order valence-corrected chi connectivity index (χ4v) is 3.94. The van der Waals surface area contributed by atoms with Crippen molar-refractivity contribution < 1.29 is 4.79 Å². The van der Waals surface area contributed by atoms with Crippen LogP contribution in [0, 0.1) is 0 Å². The molecule has 0 aromatic carbocycles. The van der Waals surface area contributed by atoms with Crippen LogP contribution >= 0.6 is 23.5 Å². The molecule has 0 radical (unpaired) electrons. The number of unbranched alkanes of at least 4 members (excludes halogenated alkanes) is 1. The molecule has 1 heterocycles. The highest BCUT2D eigenvalue weighted by atomic mass is 32.2. The Labute approximate surface area is 88.7 Å². The Hall–Kier alpha value is 0.110. The van der Waals surface area contributed by atoms with E-state index in [2.05, 4.69) is 6.58 Å². The Bertz CT molecular complexity index is 174. The molecule has 0 N–H and O–H groups in total. The van der Waals surface area contributed by atoms with Crippen molar-refractivity contribution in [3.63, 3.8) is 0 Å². The van der Waals surface area contributed by atoms with Gasteiger partial charge in [0.25, 0.3) is 0 Å². The Balaban J connectivity index is 2.17. The van der Waals surface area contributed by atoms with Gasteiger partial charge in [0.2, 0.25) is 0 Å². The number of carbonyl (C=O) groups excluding carboxylic acids is 1. The number of carbonyl (C=O) groups is 1. The molecule has 13 heavy (non-hydrogen) atoms. The number of allylic oxidation sites excluding steroid dienone is 1. The van der Waals surface area contributed by atoms with E-state index in [0.29, 0.717) is 5.78 Å². The number of thioether (sulfide) groups is 2. The van der Waals surface area contributed by atoms with Crippen molar-refractivity contribution in [1.29, 1.82) is 0 Å². The van der Waals surface area contributed by atoms with Gasteiger partial charge in [0.15, 0.2) is 0 Å². The molecule has 1 aliphatic heterocycles. The van der Waals surface area contributed by atoms with E-state index in [0.717, 1.165) is 30.8 Å². The van der Waals surface area contributed by atoms with Gasteiger partial charge in [-0.1, -0.05) is 6.08 Å². The average Bonchev–Trinajstić information content (AvgIpc) is 2.19. The molecule has 1 unspecified atom stereocenters. The van der Waals surface area contributed by atoms with Crippen LogP contribution in [0.3, 0.4) is 0 Å². The largest absolute Gasteiger partial charge is 0.298 e. The van der Waals surface area contributed by atoms with Crippen molar-refractivity contribution in [3.05, 3.63) is 12.7 Å². The first-order chi connectivity index (χ1) is 6.34. The number of hydrogen-bond donors (Lipinski definition) is 0. The summed E-state index contributed by atoms with van der Waals surface area (Å²) in [5, 5.41) is 0.281. The fraction of sp³-hybridized carbons (Fsp3) is 0.700. The minimum atomic E-state index is 0.281. The zero-order chi connectivity index (χ0) is 9.52. The Morgan fingerprint density at radius 1 is 1.54 bits per heavy atom. The molecule has 1 nitrogen and oxygen atoms in total. The monoisotopic (exact) mass is 216 g/mol. The maximum atomic E-state index is 11.6. The Morgan fingerprint density at radius 2 is 2.38 bits per heavy atom. The van der Waals surface area contributed by atoms with Gasteiger partial charge in [-0.15, -0.1) is 18.3 Å². The predicted molar refractivity (Wildman–Crippen MR) is 62.6 cm³/mol. The highest BCUT2D eigenvalue weighted by Gasteiger charge is 2.20. The fourth-order valence-electron chi connectivity index (χ4n) is 1.26. The predicted octanol–water partition coefficient (Wildman–Crippen LogP) is 2.76. The molecule has 1 aliphatic rings. The van der Waals surface area contributed by atoms with Crippen molar-refractivity contribution in [1.82, 2.24) is 0 Å². The normalized spacial score (nSPS) is 22.6. The standard InChI is InChI=1S/C10H16OS2/c1-2-3-4-5-9(11)10-8-12-6-7-13-10/h2,10H,1,3-8H2. The molecular formula is C10H16OS2. The first-order valence-electron chi connectivity index (χ1n) is 4.67. The van der Waals surface area contributed by atoms with Crippen molar-refractivity contribution >= 4 is 29.3 Å². The maximum absolute atomic E-state index is 11.6. The molecule has 1 saturated heterocycles. The SMILES string of the molecule is C=CCCCC(=O)C1CSCCS1. The van der Waals surface area contributed by atoms with E-state index in [9.17, 15) is 4.79 Å². The summed E-state index contributed by atoms with van der Waals surface area (Å²) >= 11 is 3.74. The number of ketones is 1. The van der Waals surface area contributed by atoms with Crippen LogP contribution in [0.2, 0.25) is 0 Å². The zero-order valence-corrected chi connectivity index (χ0v) is 9.46. The van der Waals surface area contributed by atoms with Crippen molar-refractivity contribution in [2.45, 2.75) is 24.5 Å². The molecule has 0 aliphatic carbocycles. The lowest BCUT2D eigenvalue weighted by Gasteiger charge is -2.19. The molecule has 0 aromatic rings. The average molecular weight is 216 g/mol. The minimum Gasteiger partial charge on any atom is -0.298 e. The minimum absolute atomic E-state index is 0.281. The van der Waals surface area contributed by atoms with Gasteiger partial charge < -0.3 is 0 Å². The molecule has 0 aromatic heterocycles. The quantitative estimate of drug-likeness (QED) is 0.519. The molecule has 1 fully saturated rings. The Kier molecular flexibility index (Phi) is 5.63. The van der Waals surface area contributed by atoms with Crippen LogP contribution in [0.15, 0.2) is 12.7 Å². The van der Waals surface area contributed by atoms with Gasteiger partial charge in [-0.3, -0.25) is 4.79 Å². The second-order valence-corrected chi connectivity index (χ2v) is 5.54. The third kappa shape index (κ3) is 4.23. The molecule has 3 heteroatoms. The second kappa shape index (κ2) is 6.55. The molecule has 0 amide bonds. The van der Waals surface area contributed by atoms with Crippen LogP contribution in [-0.2, 0) is 4.79 Å². The smallest absolute Gasteiger partial charge is 0.146 e. The molecule has 1 rings (SSSR count). The lowest BCUT2D eigenvalue weighted by molar-refractivity contribution is -0.118. The van der Waals surface area contributed by atoms with Gasteiger partial charge in [0.05, 0.1) is 5.25 Å². The molecular weight excluding hydrogens is 200 g/mol. The molecule has 0 spiro atoms. The number of rotatable bonds is 5. The van der Waals surface area contributed by atoms with Crippen LogP contribution in [0.5, 0.6) is 0 Å². The maximum Gasteiger partial charge on any atom is 0.146 e. The third-order valence-corrected chi connectivity index (χ3v) is 4.81. The van der Waals surface area contributed by atoms with Gasteiger partial charge in [0.1, 0.15) is 5.78 Å². The summed E-state index contributed by atoms with van der Waals surface area (Å²) in [5.41, 5.74) is 0. The summed E-state index contributed by atoms with van der Waals surface area (Å²) < 4.78 is 0.